The van der Waals surface area contributed by atoms with E-state index in [1.807, 2.05) is 37.3 Å². The Labute approximate surface area is 164 Å². The Kier molecular flexibility index (Phi) is 7.11. The number of nitrogens with one attached hydrogen (secondary N) is 1. The summed E-state index contributed by atoms with van der Waals surface area (Å²) in [7, 11) is -3.65. The Morgan fingerprint density at radius 2 is 1.86 bits per heavy atom. The van der Waals surface area contributed by atoms with Crippen LogP contribution in [0.1, 0.15) is 31.4 Å². The maximum atomic E-state index is 12.2. The zero-order valence-corrected chi connectivity index (χ0v) is 16.6. The standard InChI is InChI=1S/C19H23N3O5S/c1-15(16-8-4-3-5-9-16)20-19(23)12-7-13-21(28(2,26)27)17-10-6-11-18(14-17)22(24)25/h3-6,8-11,14-15H,7,12-13H2,1-2H3,(H,20,23)/t15-/m0/s1. The predicted molar refractivity (Wildman–Crippen MR) is 108 cm³/mol. The Hall–Kier alpha value is -2.94. The summed E-state index contributed by atoms with van der Waals surface area (Å²) in [6, 6.07) is 14.8. The molecule has 28 heavy (non-hydrogen) atoms. The topological polar surface area (TPSA) is 110 Å². The molecule has 150 valence electrons. The Bertz CT molecular complexity index is 932. The number of nitro groups is 1. The largest absolute Gasteiger partial charge is 0.350 e. The second-order valence-electron chi connectivity index (χ2n) is 6.42. The Morgan fingerprint density at radius 1 is 1.18 bits per heavy atom. The van der Waals surface area contributed by atoms with Crippen molar-refractivity contribution in [3.05, 3.63) is 70.3 Å². The summed E-state index contributed by atoms with van der Waals surface area (Å²) in [6.07, 6.45) is 1.45. The van der Waals surface area contributed by atoms with E-state index in [0.717, 1.165) is 16.1 Å². The summed E-state index contributed by atoms with van der Waals surface area (Å²) in [5.74, 6) is -0.191. The van der Waals surface area contributed by atoms with Gasteiger partial charge in [0, 0.05) is 25.1 Å². The Morgan fingerprint density at radius 3 is 2.46 bits per heavy atom. The molecule has 0 radical (unpaired) electrons. The van der Waals surface area contributed by atoms with Crippen molar-refractivity contribution < 1.29 is 18.1 Å². The minimum atomic E-state index is -3.65. The Balaban J connectivity index is 1.98. The van der Waals surface area contributed by atoms with Crippen LogP contribution in [0.25, 0.3) is 0 Å². The molecule has 9 heteroatoms. The van der Waals surface area contributed by atoms with E-state index in [4.69, 9.17) is 0 Å². The molecule has 0 aliphatic carbocycles. The van der Waals surface area contributed by atoms with Gasteiger partial charge in [0.25, 0.3) is 5.69 Å². The van der Waals surface area contributed by atoms with Gasteiger partial charge < -0.3 is 5.32 Å². The van der Waals surface area contributed by atoms with E-state index < -0.39 is 14.9 Å². The van der Waals surface area contributed by atoms with E-state index in [9.17, 15) is 23.3 Å². The van der Waals surface area contributed by atoms with Crippen LogP contribution in [0.4, 0.5) is 11.4 Å². The zero-order chi connectivity index (χ0) is 20.7. The lowest BCUT2D eigenvalue weighted by atomic mass is 10.1. The monoisotopic (exact) mass is 405 g/mol. The first-order valence-electron chi connectivity index (χ1n) is 8.75. The lowest BCUT2D eigenvalue weighted by Crippen LogP contribution is -2.32. The van der Waals surface area contributed by atoms with Crippen LogP contribution in [0.5, 0.6) is 0 Å². The third kappa shape index (κ3) is 6.05. The zero-order valence-electron chi connectivity index (χ0n) is 15.7. The number of carbonyl (C=O) groups excluding carboxylic acids is 1. The molecule has 0 saturated heterocycles. The van der Waals surface area contributed by atoms with Crippen molar-refractivity contribution in [3.63, 3.8) is 0 Å². The van der Waals surface area contributed by atoms with Crippen LogP contribution in [-0.4, -0.2) is 32.0 Å². The van der Waals surface area contributed by atoms with Gasteiger partial charge in [-0.3, -0.25) is 19.2 Å². The van der Waals surface area contributed by atoms with Gasteiger partial charge in [0.1, 0.15) is 0 Å². The highest BCUT2D eigenvalue weighted by atomic mass is 32.2. The summed E-state index contributed by atoms with van der Waals surface area (Å²) >= 11 is 0. The fourth-order valence-electron chi connectivity index (χ4n) is 2.77. The summed E-state index contributed by atoms with van der Waals surface area (Å²) in [5, 5.41) is 13.8. The number of anilines is 1. The van der Waals surface area contributed by atoms with Gasteiger partial charge in [-0.15, -0.1) is 0 Å². The fourth-order valence-corrected chi connectivity index (χ4v) is 3.73. The fraction of sp³-hybridized carbons (Fsp3) is 0.316. The molecule has 0 heterocycles. The molecule has 2 aromatic rings. The molecule has 0 aliphatic rings. The molecule has 0 aliphatic heterocycles. The molecule has 0 saturated carbocycles. The summed E-state index contributed by atoms with van der Waals surface area (Å²) in [4.78, 5) is 22.5. The first-order valence-corrected chi connectivity index (χ1v) is 10.6. The molecule has 8 nitrogen and oxygen atoms in total. The number of hydrogen-bond donors (Lipinski definition) is 1. The van der Waals surface area contributed by atoms with Gasteiger partial charge in [0.05, 0.1) is 22.9 Å². The van der Waals surface area contributed by atoms with Crippen molar-refractivity contribution in [1.82, 2.24) is 5.32 Å². The summed E-state index contributed by atoms with van der Waals surface area (Å²) in [5.41, 5.74) is 0.987. The minimum absolute atomic E-state index is 0.0487. The smallest absolute Gasteiger partial charge is 0.271 e. The number of hydrogen-bond acceptors (Lipinski definition) is 5. The summed E-state index contributed by atoms with van der Waals surface area (Å²) < 4.78 is 25.3. The van der Waals surface area contributed by atoms with E-state index in [1.54, 1.807) is 0 Å². The molecule has 1 amide bonds. The number of rotatable bonds is 9. The number of carbonyl (C=O) groups is 1. The second kappa shape index (κ2) is 9.32. The number of sulfonamides is 1. The second-order valence-corrected chi connectivity index (χ2v) is 8.32. The molecule has 2 aromatic carbocycles. The maximum absolute atomic E-state index is 12.2. The van der Waals surface area contributed by atoms with Gasteiger partial charge in [-0.1, -0.05) is 36.4 Å². The first-order chi connectivity index (χ1) is 13.2. The van der Waals surface area contributed by atoms with Crippen LogP contribution >= 0.6 is 0 Å². The van der Waals surface area contributed by atoms with Crippen molar-refractivity contribution in [2.24, 2.45) is 0 Å². The van der Waals surface area contributed by atoms with Gasteiger partial charge in [0.15, 0.2) is 0 Å². The highest BCUT2D eigenvalue weighted by Gasteiger charge is 2.20. The van der Waals surface area contributed by atoms with Crippen molar-refractivity contribution in [2.45, 2.75) is 25.8 Å². The van der Waals surface area contributed by atoms with Crippen molar-refractivity contribution >= 4 is 27.3 Å². The lowest BCUT2D eigenvalue weighted by molar-refractivity contribution is -0.384. The molecule has 2 rings (SSSR count). The molecule has 1 N–H and O–H groups in total. The number of nitro benzene ring substituents is 1. The van der Waals surface area contributed by atoms with Crippen LogP contribution < -0.4 is 9.62 Å². The highest BCUT2D eigenvalue weighted by molar-refractivity contribution is 7.92. The van der Waals surface area contributed by atoms with Crippen LogP contribution in [0.2, 0.25) is 0 Å². The third-order valence-electron chi connectivity index (χ3n) is 4.17. The van der Waals surface area contributed by atoms with Crippen molar-refractivity contribution in [3.8, 4) is 0 Å². The first kappa shape index (κ1) is 21.4. The number of non-ortho nitro benzene ring substituents is 1. The molecular formula is C19H23N3O5S. The average Bonchev–Trinajstić information content (AvgIpc) is 2.65. The van der Waals surface area contributed by atoms with E-state index >= 15 is 0 Å². The predicted octanol–water partition coefficient (Wildman–Crippen LogP) is 3.02. The van der Waals surface area contributed by atoms with Gasteiger partial charge in [-0.05, 0) is 25.0 Å². The molecule has 1 atom stereocenters. The third-order valence-corrected chi connectivity index (χ3v) is 5.37. The van der Waals surface area contributed by atoms with Crippen LogP contribution in [0.3, 0.4) is 0 Å². The highest BCUT2D eigenvalue weighted by Crippen LogP contribution is 2.23. The molecule has 0 fully saturated rings. The van der Waals surface area contributed by atoms with E-state index in [0.29, 0.717) is 0 Å². The molecular weight excluding hydrogens is 382 g/mol. The molecule has 0 aromatic heterocycles. The van der Waals surface area contributed by atoms with E-state index in [1.165, 1.54) is 24.3 Å². The minimum Gasteiger partial charge on any atom is -0.350 e. The van der Waals surface area contributed by atoms with Gasteiger partial charge in [0.2, 0.25) is 15.9 Å². The molecule has 0 spiro atoms. The van der Waals surface area contributed by atoms with Crippen molar-refractivity contribution in [1.29, 1.82) is 0 Å². The molecule has 0 bridgehead atoms. The normalized spacial score (nSPS) is 12.2. The SMILES string of the molecule is C[C@H](NC(=O)CCCN(c1cccc([N+](=O)[O-])c1)S(C)(=O)=O)c1ccccc1. The number of benzene rings is 2. The summed E-state index contributed by atoms with van der Waals surface area (Å²) in [6.45, 7) is 1.92. The van der Waals surface area contributed by atoms with Gasteiger partial charge in [-0.25, -0.2) is 8.42 Å². The van der Waals surface area contributed by atoms with Crippen LogP contribution in [0.15, 0.2) is 54.6 Å². The van der Waals surface area contributed by atoms with Crippen LogP contribution in [-0.2, 0) is 14.8 Å². The maximum Gasteiger partial charge on any atom is 0.271 e. The lowest BCUT2D eigenvalue weighted by Gasteiger charge is -2.22. The quantitative estimate of drug-likeness (QED) is 0.509. The average molecular weight is 405 g/mol. The number of nitrogens with zero attached hydrogens (tertiary/aromatic N) is 2. The van der Waals surface area contributed by atoms with Gasteiger partial charge in [-0.2, -0.15) is 0 Å². The molecule has 0 unspecified atom stereocenters. The van der Waals surface area contributed by atoms with E-state index in [-0.39, 0.29) is 42.7 Å². The van der Waals surface area contributed by atoms with Crippen molar-refractivity contribution in [2.75, 3.05) is 17.1 Å². The van der Waals surface area contributed by atoms with E-state index in [2.05, 4.69) is 5.32 Å². The van der Waals surface area contributed by atoms with Gasteiger partial charge >= 0.3 is 0 Å². The number of amides is 1. The van der Waals surface area contributed by atoms with Crippen LogP contribution in [0, 0.1) is 10.1 Å².